The molecule has 160 valence electrons. The second kappa shape index (κ2) is 9.67. The standard InChI is InChI=1S/C24H32BNO4/c1-23(2)24(3,4)30-25(29-23)21-15-13-19(14-16-21)10-8-9-17-26-22(27)28-18-20-11-6-5-7-12-20/h5-7,11-16H,8-10,17-18H2,1-4H3,(H,26,27). The zero-order valence-corrected chi connectivity index (χ0v) is 18.4. The highest BCUT2D eigenvalue weighted by molar-refractivity contribution is 6.62. The van der Waals surface area contributed by atoms with Crippen molar-refractivity contribution in [3.8, 4) is 0 Å². The number of hydrogen-bond acceptors (Lipinski definition) is 4. The van der Waals surface area contributed by atoms with E-state index in [1.54, 1.807) is 0 Å². The van der Waals surface area contributed by atoms with Crippen LogP contribution in [0.5, 0.6) is 0 Å². The fourth-order valence-electron chi connectivity index (χ4n) is 3.24. The highest BCUT2D eigenvalue weighted by atomic mass is 16.7. The second-order valence-electron chi connectivity index (χ2n) is 8.78. The fourth-order valence-corrected chi connectivity index (χ4v) is 3.24. The SMILES string of the molecule is CC1(C)OB(c2ccc(CCCCNC(=O)OCc3ccccc3)cc2)OC1(C)C. The van der Waals surface area contributed by atoms with Gasteiger partial charge in [0.05, 0.1) is 11.2 Å². The predicted octanol–water partition coefficient (Wildman–Crippen LogP) is 4.23. The third-order valence-corrected chi connectivity index (χ3v) is 5.88. The molecular weight excluding hydrogens is 377 g/mol. The van der Waals surface area contributed by atoms with Crippen molar-refractivity contribution in [2.24, 2.45) is 0 Å². The molecule has 1 saturated heterocycles. The van der Waals surface area contributed by atoms with E-state index in [-0.39, 0.29) is 24.4 Å². The van der Waals surface area contributed by atoms with Gasteiger partial charge in [-0.3, -0.25) is 0 Å². The minimum Gasteiger partial charge on any atom is -0.445 e. The normalized spacial score (nSPS) is 17.0. The number of benzene rings is 2. The van der Waals surface area contributed by atoms with Crippen LogP contribution in [0.3, 0.4) is 0 Å². The Kier molecular flexibility index (Phi) is 7.21. The van der Waals surface area contributed by atoms with E-state index in [0.29, 0.717) is 13.2 Å². The molecule has 1 heterocycles. The van der Waals surface area contributed by atoms with Gasteiger partial charge in [0.25, 0.3) is 0 Å². The summed E-state index contributed by atoms with van der Waals surface area (Å²) in [5, 5.41) is 2.81. The lowest BCUT2D eigenvalue weighted by Crippen LogP contribution is -2.41. The van der Waals surface area contributed by atoms with E-state index < -0.39 is 0 Å². The molecule has 0 unspecified atom stereocenters. The summed E-state index contributed by atoms with van der Waals surface area (Å²) < 4.78 is 17.4. The summed E-state index contributed by atoms with van der Waals surface area (Å²) in [7, 11) is -0.324. The Balaban J connectivity index is 1.33. The van der Waals surface area contributed by atoms with E-state index >= 15 is 0 Å². The molecule has 1 N–H and O–H groups in total. The van der Waals surface area contributed by atoms with Gasteiger partial charge in [-0.05, 0) is 63.5 Å². The Hall–Kier alpha value is -2.31. The van der Waals surface area contributed by atoms with Crippen LogP contribution < -0.4 is 10.8 Å². The average molecular weight is 409 g/mol. The van der Waals surface area contributed by atoms with Crippen molar-refractivity contribution in [3.63, 3.8) is 0 Å². The number of alkyl carbamates (subject to hydrolysis) is 1. The molecule has 0 spiro atoms. The molecular formula is C24H32BNO4. The molecule has 5 nitrogen and oxygen atoms in total. The molecule has 1 aliphatic heterocycles. The summed E-state index contributed by atoms with van der Waals surface area (Å²) in [5.41, 5.74) is 2.63. The van der Waals surface area contributed by atoms with Crippen molar-refractivity contribution in [2.45, 2.75) is 64.8 Å². The number of nitrogens with one attached hydrogen (secondary N) is 1. The summed E-state index contributed by atoms with van der Waals surface area (Å²) in [6, 6.07) is 18.1. The molecule has 2 aromatic carbocycles. The smallest absolute Gasteiger partial charge is 0.445 e. The minimum atomic E-state index is -0.370. The molecule has 0 aliphatic carbocycles. The highest BCUT2D eigenvalue weighted by Gasteiger charge is 2.51. The van der Waals surface area contributed by atoms with Crippen LogP contribution in [0.1, 0.15) is 51.7 Å². The summed E-state index contributed by atoms with van der Waals surface area (Å²) in [4.78, 5) is 11.7. The van der Waals surface area contributed by atoms with Crippen molar-refractivity contribution >= 4 is 18.7 Å². The van der Waals surface area contributed by atoms with Crippen LogP contribution in [0.4, 0.5) is 4.79 Å². The summed E-state index contributed by atoms with van der Waals surface area (Å²) in [6.07, 6.45) is 2.49. The number of rotatable bonds is 8. The van der Waals surface area contributed by atoms with Crippen molar-refractivity contribution < 1.29 is 18.8 Å². The Bertz CT molecular complexity index is 805. The molecule has 30 heavy (non-hydrogen) atoms. The van der Waals surface area contributed by atoms with Gasteiger partial charge >= 0.3 is 13.2 Å². The van der Waals surface area contributed by atoms with Crippen LogP contribution in [0.25, 0.3) is 0 Å². The number of hydrogen-bond donors (Lipinski definition) is 1. The number of aryl methyl sites for hydroxylation is 1. The summed E-state index contributed by atoms with van der Waals surface area (Å²) in [6.45, 7) is 9.15. The van der Waals surface area contributed by atoms with Gasteiger partial charge in [0.2, 0.25) is 0 Å². The lowest BCUT2D eigenvalue weighted by Gasteiger charge is -2.32. The minimum absolute atomic E-state index is 0.293. The van der Waals surface area contributed by atoms with E-state index in [1.165, 1.54) is 5.56 Å². The van der Waals surface area contributed by atoms with Gasteiger partial charge in [0.1, 0.15) is 6.61 Å². The number of ether oxygens (including phenoxy) is 1. The van der Waals surface area contributed by atoms with E-state index in [0.717, 1.165) is 30.3 Å². The Morgan fingerprint density at radius 2 is 1.53 bits per heavy atom. The molecule has 1 fully saturated rings. The van der Waals surface area contributed by atoms with Crippen LogP contribution in [0.15, 0.2) is 54.6 Å². The van der Waals surface area contributed by atoms with E-state index in [9.17, 15) is 4.79 Å². The monoisotopic (exact) mass is 409 g/mol. The van der Waals surface area contributed by atoms with E-state index in [1.807, 2.05) is 30.3 Å². The lowest BCUT2D eigenvalue weighted by atomic mass is 9.78. The topological polar surface area (TPSA) is 56.8 Å². The fraction of sp³-hybridized carbons (Fsp3) is 0.458. The van der Waals surface area contributed by atoms with Crippen LogP contribution in [-0.2, 0) is 27.1 Å². The molecule has 3 rings (SSSR count). The first kappa shape index (κ1) is 22.4. The number of unbranched alkanes of at least 4 members (excludes halogenated alkanes) is 1. The van der Waals surface area contributed by atoms with Crippen LogP contribution in [0.2, 0.25) is 0 Å². The number of carbonyl (C=O) groups excluding carboxylic acids is 1. The van der Waals surface area contributed by atoms with Gasteiger partial charge in [-0.15, -0.1) is 0 Å². The molecule has 0 aromatic heterocycles. The Labute approximate surface area is 180 Å². The summed E-state index contributed by atoms with van der Waals surface area (Å²) in [5.74, 6) is 0. The molecule has 0 bridgehead atoms. The second-order valence-corrected chi connectivity index (χ2v) is 8.78. The lowest BCUT2D eigenvalue weighted by molar-refractivity contribution is 0.00578. The van der Waals surface area contributed by atoms with E-state index in [2.05, 4.69) is 57.3 Å². The molecule has 2 aromatic rings. The van der Waals surface area contributed by atoms with Crippen molar-refractivity contribution in [3.05, 3.63) is 65.7 Å². The van der Waals surface area contributed by atoms with Gasteiger partial charge in [-0.1, -0.05) is 54.6 Å². The van der Waals surface area contributed by atoms with Gasteiger partial charge in [-0.25, -0.2) is 4.79 Å². The zero-order valence-electron chi connectivity index (χ0n) is 18.4. The largest absolute Gasteiger partial charge is 0.494 e. The molecule has 6 heteroatoms. The Morgan fingerprint density at radius 3 is 2.17 bits per heavy atom. The predicted molar refractivity (Wildman–Crippen MR) is 120 cm³/mol. The van der Waals surface area contributed by atoms with Gasteiger partial charge < -0.3 is 19.4 Å². The van der Waals surface area contributed by atoms with Crippen LogP contribution >= 0.6 is 0 Å². The maximum atomic E-state index is 11.7. The Morgan fingerprint density at radius 1 is 0.900 bits per heavy atom. The van der Waals surface area contributed by atoms with Gasteiger partial charge in [0.15, 0.2) is 0 Å². The van der Waals surface area contributed by atoms with Crippen LogP contribution in [-0.4, -0.2) is 31.0 Å². The third-order valence-electron chi connectivity index (χ3n) is 5.88. The maximum absolute atomic E-state index is 11.7. The van der Waals surface area contributed by atoms with Crippen molar-refractivity contribution in [2.75, 3.05) is 6.54 Å². The number of amides is 1. The first-order valence-corrected chi connectivity index (χ1v) is 10.7. The number of carbonyl (C=O) groups is 1. The molecule has 1 amide bonds. The summed E-state index contributed by atoms with van der Waals surface area (Å²) >= 11 is 0. The zero-order chi connectivity index (χ0) is 21.6. The van der Waals surface area contributed by atoms with Crippen molar-refractivity contribution in [1.82, 2.24) is 5.32 Å². The van der Waals surface area contributed by atoms with Gasteiger partial charge in [0, 0.05) is 6.54 Å². The molecule has 0 atom stereocenters. The average Bonchev–Trinajstić information content (AvgIpc) is 2.94. The van der Waals surface area contributed by atoms with Gasteiger partial charge in [-0.2, -0.15) is 0 Å². The third kappa shape index (κ3) is 5.86. The first-order valence-electron chi connectivity index (χ1n) is 10.7. The maximum Gasteiger partial charge on any atom is 0.494 e. The molecule has 0 radical (unpaired) electrons. The highest BCUT2D eigenvalue weighted by Crippen LogP contribution is 2.36. The molecule has 1 aliphatic rings. The van der Waals surface area contributed by atoms with Crippen LogP contribution in [0, 0.1) is 0 Å². The quantitative estimate of drug-likeness (QED) is 0.524. The first-order chi connectivity index (χ1) is 14.3. The molecule has 0 saturated carbocycles. The van der Waals surface area contributed by atoms with Crippen molar-refractivity contribution in [1.29, 1.82) is 0 Å². The van der Waals surface area contributed by atoms with E-state index in [4.69, 9.17) is 14.0 Å².